The lowest BCUT2D eigenvalue weighted by Gasteiger charge is -2.28. The van der Waals surface area contributed by atoms with E-state index in [9.17, 15) is 0 Å². The number of hydrogen-bond acceptors (Lipinski definition) is 2. The van der Waals surface area contributed by atoms with Gasteiger partial charge in [0.25, 0.3) is 0 Å². The minimum Gasteiger partial charge on any atom is -0.309 e. The SMILES string of the molecule is c1ccc(-n2c3ccccc3c3ccccc32)c(-c2ccc(-c3ccc(N(c4cccc5ccccc45)c4cccc5sc6ccccc6c45)cc3)cc2)c1. The van der Waals surface area contributed by atoms with Crippen molar-refractivity contribution in [1.82, 2.24) is 4.57 Å². The molecule has 2 heterocycles. The summed E-state index contributed by atoms with van der Waals surface area (Å²) >= 11 is 1.86. The molecular weight excluding hydrogens is 685 g/mol. The molecule has 3 heteroatoms. The van der Waals surface area contributed by atoms with Gasteiger partial charge in [0, 0.05) is 47.6 Å². The van der Waals surface area contributed by atoms with E-state index in [-0.39, 0.29) is 0 Å². The van der Waals surface area contributed by atoms with E-state index in [2.05, 4.69) is 216 Å². The molecule has 9 aromatic carbocycles. The summed E-state index contributed by atoms with van der Waals surface area (Å²) in [4.78, 5) is 2.45. The van der Waals surface area contributed by atoms with E-state index in [1.165, 1.54) is 92.1 Å². The number of aromatic nitrogens is 1. The predicted octanol–water partition coefficient (Wildman–Crippen LogP) is 15.1. The van der Waals surface area contributed by atoms with E-state index in [1.54, 1.807) is 0 Å². The molecular formula is C52H34N2S. The smallest absolute Gasteiger partial charge is 0.0555 e. The monoisotopic (exact) mass is 718 g/mol. The summed E-state index contributed by atoms with van der Waals surface area (Å²) in [5.41, 5.74) is 11.9. The quantitative estimate of drug-likeness (QED) is 0.166. The van der Waals surface area contributed by atoms with Crippen LogP contribution in [0.5, 0.6) is 0 Å². The molecule has 0 radical (unpaired) electrons. The molecule has 0 atom stereocenters. The molecule has 55 heavy (non-hydrogen) atoms. The molecule has 0 unspecified atom stereocenters. The maximum absolute atomic E-state index is 2.45. The predicted molar refractivity (Wildman–Crippen MR) is 237 cm³/mol. The maximum Gasteiger partial charge on any atom is 0.0555 e. The van der Waals surface area contributed by atoms with Gasteiger partial charge in [0.2, 0.25) is 0 Å². The van der Waals surface area contributed by atoms with Crippen LogP contribution in [0, 0.1) is 0 Å². The topological polar surface area (TPSA) is 8.17 Å². The molecule has 0 fully saturated rings. The average Bonchev–Trinajstić information content (AvgIpc) is 3.81. The van der Waals surface area contributed by atoms with Crippen LogP contribution in [-0.2, 0) is 0 Å². The third-order valence-corrected chi connectivity index (χ3v) is 12.1. The van der Waals surface area contributed by atoms with Gasteiger partial charge in [-0.1, -0.05) is 152 Å². The third-order valence-electron chi connectivity index (χ3n) is 11.0. The van der Waals surface area contributed by atoms with Gasteiger partial charge in [0.05, 0.1) is 28.1 Å². The lowest BCUT2D eigenvalue weighted by Crippen LogP contribution is -2.10. The van der Waals surface area contributed by atoms with Crippen molar-refractivity contribution in [2.75, 3.05) is 4.90 Å². The van der Waals surface area contributed by atoms with Gasteiger partial charge in [0.1, 0.15) is 0 Å². The van der Waals surface area contributed by atoms with E-state index >= 15 is 0 Å². The summed E-state index contributed by atoms with van der Waals surface area (Å²) in [6.07, 6.45) is 0. The Labute approximate surface area is 323 Å². The van der Waals surface area contributed by atoms with Gasteiger partial charge in [0.15, 0.2) is 0 Å². The zero-order valence-electron chi connectivity index (χ0n) is 29.9. The first-order chi connectivity index (χ1) is 27.3. The highest BCUT2D eigenvalue weighted by Gasteiger charge is 2.20. The van der Waals surface area contributed by atoms with Gasteiger partial charge in [-0.05, 0) is 76.7 Å². The first kappa shape index (κ1) is 31.6. The number of hydrogen-bond donors (Lipinski definition) is 0. The van der Waals surface area contributed by atoms with E-state index in [0.29, 0.717) is 0 Å². The fourth-order valence-electron chi connectivity index (χ4n) is 8.49. The molecule has 0 aliphatic heterocycles. The van der Waals surface area contributed by atoms with Crippen molar-refractivity contribution < 1.29 is 0 Å². The molecule has 2 nitrogen and oxygen atoms in total. The molecule has 0 saturated carbocycles. The molecule has 0 N–H and O–H groups in total. The molecule has 0 aliphatic rings. The van der Waals surface area contributed by atoms with Crippen molar-refractivity contribution in [3.63, 3.8) is 0 Å². The van der Waals surface area contributed by atoms with Crippen LogP contribution in [0.4, 0.5) is 17.1 Å². The van der Waals surface area contributed by atoms with Gasteiger partial charge in [-0.3, -0.25) is 0 Å². The second-order valence-corrected chi connectivity index (χ2v) is 15.2. The van der Waals surface area contributed by atoms with Crippen LogP contribution in [-0.4, -0.2) is 4.57 Å². The molecule has 0 amide bonds. The Bertz CT molecular complexity index is 3150. The summed E-state index contributed by atoms with van der Waals surface area (Å²) in [6, 6.07) is 75.1. The normalized spacial score (nSPS) is 11.6. The third kappa shape index (κ3) is 5.16. The maximum atomic E-state index is 2.45. The van der Waals surface area contributed by atoms with Crippen LogP contribution in [0.15, 0.2) is 206 Å². The van der Waals surface area contributed by atoms with Crippen LogP contribution in [0.25, 0.3) is 80.7 Å². The van der Waals surface area contributed by atoms with E-state index in [4.69, 9.17) is 0 Å². The number of rotatable bonds is 6. The minimum atomic E-state index is 1.12. The van der Waals surface area contributed by atoms with Crippen LogP contribution in [0.1, 0.15) is 0 Å². The molecule has 0 aliphatic carbocycles. The largest absolute Gasteiger partial charge is 0.309 e. The number of para-hydroxylation sites is 3. The highest BCUT2D eigenvalue weighted by molar-refractivity contribution is 7.26. The summed E-state index contributed by atoms with van der Waals surface area (Å²) in [7, 11) is 0. The van der Waals surface area contributed by atoms with Crippen molar-refractivity contribution in [1.29, 1.82) is 0 Å². The molecule has 0 bridgehead atoms. The van der Waals surface area contributed by atoms with Gasteiger partial charge < -0.3 is 9.47 Å². The molecule has 0 spiro atoms. The number of thiophene rings is 1. The van der Waals surface area contributed by atoms with Crippen LogP contribution < -0.4 is 4.90 Å². The first-order valence-electron chi connectivity index (χ1n) is 18.8. The second-order valence-electron chi connectivity index (χ2n) is 14.1. The number of benzene rings is 9. The molecule has 0 saturated heterocycles. The Hall–Kier alpha value is -6.94. The summed E-state index contributed by atoms with van der Waals surface area (Å²) in [6.45, 7) is 0. The van der Waals surface area contributed by atoms with Crippen molar-refractivity contribution in [2.45, 2.75) is 0 Å². The molecule has 11 aromatic rings. The molecule has 11 rings (SSSR count). The fourth-order valence-corrected chi connectivity index (χ4v) is 9.62. The van der Waals surface area contributed by atoms with Crippen molar-refractivity contribution in [3.8, 4) is 27.9 Å². The number of nitrogens with zero attached hydrogens (tertiary/aromatic N) is 2. The highest BCUT2D eigenvalue weighted by atomic mass is 32.1. The Kier molecular flexibility index (Phi) is 7.39. The van der Waals surface area contributed by atoms with E-state index in [0.717, 1.165) is 5.69 Å². The van der Waals surface area contributed by atoms with Crippen molar-refractivity contribution in [3.05, 3.63) is 206 Å². The summed E-state index contributed by atoms with van der Waals surface area (Å²) in [5, 5.41) is 7.57. The fraction of sp³-hybridized carbons (Fsp3) is 0. The molecule has 258 valence electrons. The Balaban J connectivity index is 0.999. The Morgan fingerprint density at radius 1 is 0.364 bits per heavy atom. The number of anilines is 3. The summed E-state index contributed by atoms with van der Waals surface area (Å²) in [5.74, 6) is 0. The van der Waals surface area contributed by atoms with E-state index in [1.807, 2.05) is 11.3 Å². The second kappa shape index (κ2) is 12.9. The van der Waals surface area contributed by atoms with Crippen LogP contribution in [0.3, 0.4) is 0 Å². The Morgan fingerprint density at radius 3 is 1.65 bits per heavy atom. The van der Waals surface area contributed by atoms with Gasteiger partial charge >= 0.3 is 0 Å². The zero-order valence-corrected chi connectivity index (χ0v) is 30.7. The Morgan fingerprint density at radius 2 is 0.891 bits per heavy atom. The first-order valence-corrected chi connectivity index (χ1v) is 19.6. The van der Waals surface area contributed by atoms with Crippen molar-refractivity contribution in [2.24, 2.45) is 0 Å². The molecule has 2 aromatic heterocycles. The van der Waals surface area contributed by atoms with Crippen LogP contribution in [0.2, 0.25) is 0 Å². The minimum absolute atomic E-state index is 1.12. The highest BCUT2D eigenvalue weighted by Crippen LogP contribution is 2.46. The van der Waals surface area contributed by atoms with Crippen molar-refractivity contribution >= 4 is 81.1 Å². The average molecular weight is 719 g/mol. The number of fused-ring (bicyclic) bond motifs is 7. The summed E-state index contributed by atoms with van der Waals surface area (Å²) < 4.78 is 5.01. The van der Waals surface area contributed by atoms with Gasteiger partial charge in [-0.2, -0.15) is 0 Å². The van der Waals surface area contributed by atoms with Gasteiger partial charge in [-0.15, -0.1) is 11.3 Å². The van der Waals surface area contributed by atoms with E-state index < -0.39 is 0 Å². The lowest BCUT2D eigenvalue weighted by atomic mass is 9.98. The standard InChI is InChI=1S/C52H34N2S/c1-2-15-40-37(13-1)14-11-23-45(40)53(49-24-12-26-51-52(49)44-19-6-10-25-50(44)55-51)39-33-31-36(32-34-39)35-27-29-38(30-28-35)41-16-3-7-20-46(41)54-47-21-8-4-17-42(47)43-18-5-9-22-48(43)54/h1-34H. The van der Waals surface area contributed by atoms with Crippen LogP contribution >= 0.6 is 11.3 Å². The van der Waals surface area contributed by atoms with Gasteiger partial charge in [-0.25, -0.2) is 0 Å². The zero-order chi connectivity index (χ0) is 36.3. The lowest BCUT2D eigenvalue weighted by molar-refractivity contribution is 1.18.